The van der Waals surface area contributed by atoms with Crippen molar-refractivity contribution in [3.63, 3.8) is 0 Å². The number of rotatable bonds is 8. The molecule has 0 spiro atoms. The average Bonchev–Trinajstić information content (AvgIpc) is 3.17. The maximum absolute atomic E-state index is 12.3. The Morgan fingerprint density at radius 3 is 2.39 bits per heavy atom. The predicted molar refractivity (Wildman–Crippen MR) is 131 cm³/mol. The first-order valence-corrected chi connectivity index (χ1v) is 13.8. The number of carbonyl (C=O) groups is 1. The maximum atomic E-state index is 12.3. The lowest BCUT2D eigenvalue weighted by molar-refractivity contribution is -0.133. The van der Waals surface area contributed by atoms with Crippen LogP contribution in [0.15, 0.2) is 0 Å². The molecule has 4 fully saturated rings. The first kappa shape index (κ1) is 25.4. The Hall–Kier alpha value is -0.650. The van der Waals surface area contributed by atoms with E-state index >= 15 is 0 Å². The molecule has 1 amide bonds. The molecule has 0 bridgehead atoms. The fourth-order valence-electron chi connectivity index (χ4n) is 9.42. The molecule has 0 heterocycles. The number of aliphatic hydroxyl groups excluding tert-OH is 2. The molecule has 0 aromatic carbocycles. The summed E-state index contributed by atoms with van der Waals surface area (Å²) in [5, 5.41) is 21.2. The normalized spacial score (nSPS) is 43.5. The van der Waals surface area contributed by atoms with Crippen molar-refractivity contribution in [2.75, 3.05) is 20.3 Å². The zero-order valence-electron chi connectivity index (χ0n) is 21.5. The molecule has 5 nitrogen and oxygen atoms in total. The quantitative estimate of drug-likeness (QED) is 0.494. The number of hydrogen-bond donors (Lipinski definition) is 3. The molecule has 33 heavy (non-hydrogen) atoms. The molecule has 190 valence electrons. The fraction of sp³-hybridized carbons (Fsp3) is 0.964. The number of hydrogen-bond acceptors (Lipinski definition) is 4. The summed E-state index contributed by atoms with van der Waals surface area (Å²) in [5.74, 6) is 4.67. The van der Waals surface area contributed by atoms with E-state index in [0.29, 0.717) is 35.2 Å². The highest BCUT2D eigenvalue weighted by Gasteiger charge is 2.60. The fourth-order valence-corrected chi connectivity index (χ4v) is 9.42. The van der Waals surface area contributed by atoms with E-state index in [9.17, 15) is 15.0 Å². The summed E-state index contributed by atoms with van der Waals surface area (Å²) < 4.78 is 5.77. The number of fused-ring (bicyclic) bond motifs is 5. The van der Waals surface area contributed by atoms with Gasteiger partial charge in [0, 0.05) is 13.5 Å². The van der Waals surface area contributed by atoms with Crippen LogP contribution in [0.2, 0.25) is 0 Å². The van der Waals surface area contributed by atoms with Crippen LogP contribution in [0.25, 0.3) is 0 Å². The van der Waals surface area contributed by atoms with Crippen LogP contribution < -0.4 is 5.32 Å². The highest BCUT2D eigenvalue weighted by Crippen LogP contribution is 2.68. The SMILES string of the molecule is CO[C@@H]1CC[C@@]2(C)[C@H](CC[C@@H]3[C@@H]2CC[C@]2(C)[C@@H]([C@H](C)CCC(=O)NC(CO)CO)CC[C@@H]32)C1. The van der Waals surface area contributed by atoms with E-state index in [2.05, 4.69) is 26.1 Å². The number of carbonyl (C=O) groups excluding carboxylic acids is 1. The molecule has 4 rings (SSSR count). The van der Waals surface area contributed by atoms with Gasteiger partial charge in [0.15, 0.2) is 0 Å². The molecule has 9 atom stereocenters. The van der Waals surface area contributed by atoms with Gasteiger partial charge in [-0.15, -0.1) is 0 Å². The summed E-state index contributed by atoms with van der Waals surface area (Å²) in [4.78, 5) is 12.3. The minimum Gasteiger partial charge on any atom is -0.394 e. The summed E-state index contributed by atoms with van der Waals surface area (Å²) in [7, 11) is 1.89. The minimum atomic E-state index is -0.535. The molecule has 4 aliphatic rings. The van der Waals surface area contributed by atoms with Gasteiger partial charge in [-0.3, -0.25) is 4.79 Å². The van der Waals surface area contributed by atoms with Crippen LogP contribution in [0.1, 0.15) is 91.4 Å². The second-order valence-electron chi connectivity index (χ2n) is 12.7. The number of aliphatic hydroxyl groups is 2. The highest BCUT2D eigenvalue weighted by molar-refractivity contribution is 5.76. The van der Waals surface area contributed by atoms with Gasteiger partial charge in [0.25, 0.3) is 0 Å². The zero-order valence-corrected chi connectivity index (χ0v) is 21.5. The number of ether oxygens (including phenoxy) is 1. The first-order chi connectivity index (χ1) is 15.8. The molecule has 0 saturated heterocycles. The average molecular weight is 464 g/mol. The number of amides is 1. The summed E-state index contributed by atoms with van der Waals surface area (Å²) in [5.41, 5.74) is 0.930. The van der Waals surface area contributed by atoms with E-state index in [1.165, 1.54) is 57.8 Å². The third kappa shape index (κ3) is 4.63. The van der Waals surface area contributed by atoms with E-state index in [-0.39, 0.29) is 19.1 Å². The van der Waals surface area contributed by atoms with E-state index in [0.717, 1.165) is 30.1 Å². The number of nitrogens with one attached hydrogen (secondary N) is 1. The van der Waals surface area contributed by atoms with Crippen LogP contribution in [-0.2, 0) is 9.53 Å². The Morgan fingerprint density at radius 1 is 1.00 bits per heavy atom. The Labute approximate surface area is 201 Å². The Bertz CT molecular complexity index is 681. The first-order valence-electron chi connectivity index (χ1n) is 13.8. The van der Waals surface area contributed by atoms with Gasteiger partial charge in [0.05, 0.1) is 25.4 Å². The number of methoxy groups -OCH3 is 1. The zero-order chi connectivity index (χ0) is 23.8. The third-order valence-electron chi connectivity index (χ3n) is 11.3. The lowest BCUT2D eigenvalue weighted by Gasteiger charge is -2.61. The maximum Gasteiger partial charge on any atom is 0.220 e. The molecular weight excluding hydrogens is 414 g/mol. The Kier molecular flexibility index (Phi) is 7.82. The van der Waals surface area contributed by atoms with Crippen LogP contribution >= 0.6 is 0 Å². The summed E-state index contributed by atoms with van der Waals surface area (Å²) in [6.45, 7) is 7.15. The predicted octanol–water partition coefficient (Wildman–Crippen LogP) is 4.55. The van der Waals surface area contributed by atoms with Crippen molar-refractivity contribution in [3.05, 3.63) is 0 Å². The van der Waals surface area contributed by atoms with Crippen LogP contribution in [0.3, 0.4) is 0 Å². The van der Waals surface area contributed by atoms with Crippen molar-refractivity contribution in [2.24, 2.45) is 46.3 Å². The molecule has 0 aliphatic heterocycles. The smallest absolute Gasteiger partial charge is 0.220 e. The molecule has 4 aliphatic carbocycles. The van der Waals surface area contributed by atoms with Crippen molar-refractivity contribution >= 4 is 5.91 Å². The topological polar surface area (TPSA) is 78.8 Å². The van der Waals surface area contributed by atoms with Crippen LogP contribution in [0, 0.1) is 46.3 Å². The van der Waals surface area contributed by atoms with Crippen molar-refractivity contribution in [1.82, 2.24) is 5.32 Å². The summed E-state index contributed by atoms with van der Waals surface area (Å²) >= 11 is 0. The Morgan fingerprint density at radius 2 is 1.70 bits per heavy atom. The second-order valence-corrected chi connectivity index (χ2v) is 12.7. The molecule has 0 radical (unpaired) electrons. The van der Waals surface area contributed by atoms with Crippen LogP contribution in [0.5, 0.6) is 0 Å². The lowest BCUT2D eigenvalue weighted by atomic mass is 9.44. The van der Waals surface area contributed by atoms with E-state index in [1.807, 2.05) is 7.11 Å². The van der Waals surface area contributed by atoms with E-state index < -0.39 is 6.04 Å². The molecular formula is C28H49NO4. The van der Waals surface area contributed by atoms with Crippen molar-refractivity contribution in [3.8, 4) is 0 Å². The monoisotopic (exact) mass is 463 g/mol. The molecule has 3 N–H and O–H groups in total. The highest BCUT2D eigenvalue weighted by atomic mass is 16.5. The van der Waals surface area contributed by atoms with Gasteiger partial charge in [0.2, 0.25) is 5.91 Å². The van der Waals surface area contributed by atoms with Gasteiger partial charge in [-0.25, -0.2) is 0 Å². The molecule has 4 saturated carbocycles. The molecule has 5 heteroatoms. The summed E-state index contributed by atoms with van der Waals surface area (Å²) in [6.07, 6.45) is 14.0. The third-order valence-corrected chi connectivity index (χ3v) is 11.3. The van der Waals surface area contributed by atoms with Gasteiger partial charge in [-0.2, -0.15) is 0 Å². The van der Waals surface area contributed by atoms with Gasteiger partial charge >= 0.3 is 0 Å². The molecule has 0 unspecified atom stereocenters. The Balaban J connectivity index is 1.38. The largest absolute Gasteiger partial charge is 0.394 e. The van der Waals surface area contributed by atoms with E-state index in [1.54, 1.807) is 0 Å². The molecule has 0 aromatic heterocycles. The van der Waals surface area contributed by atoms with Crippen molar-refractivity contribution in [1.29, 1.82) is 0 Å². The van der Waals surface area contributed by atoms with Crippen molar-refractivity contribution < 1.29 is 19.7 Å². The van der Waals surface area contributed by atoms with Gasteiger partial charge in [-0.05, 0) is 111 Å². The van der Waals surface area contributed by atoms with Crippen LogP contribution in [-0.4, -0.2) is 48.6 Å². The second kappa shape index (κ2) is 10.1. The van der Waals surface area contributed by atoms with Crippen LogP contribution in [0.4, 0.5) is 0 Å². The van der Waals surface area contributed by atoms with Gasteiger partial charge in [-0.1, -0.05) is 20.8 Å². The van der Waals surface area contributed by atoms with Crippen molar-refractivity contribution in [2.45, 2.75) is 104 Å². The van der Waals surface area contributed by atoms with Gasteiger partial charge < -0.3 is 20.3 Å². The molecule has 0 aromatic rings. The van der Waals surface area contributed by atoms with Gasteiger partial charge in [0.1, 0.15) is 0 Å². The standard InChI is InChI=1S/C28H49NO4/c1-18(5-10-26(32)29-20(16-30)17-31)23-8-9-24-22-7-6-19-15-21(33-4)11-13-27(19,2)25(22)12-14-28(23,24)3/h18-25,30-31H,5-17H2,1-4H3,(H,29,32)/t18-,19-,21-,22+,23-,24+,25+,27+,28-/m1/s1. The lowest BCUT2D eigenvalue weighted by Crippen LogP contribution is -2.54. The van der Waals surface area contributed by atoms with E-state index in [4.69, 9.17) is 4.74 Å². The summed E-state index contributed by atoms with van der Waals surface area (Å²) in [6, 6.07) is -0.535. The minimum absolute atomic E-state index is 0.0451.